The first kappa shape index (κ1) is 13.0. The summed E-state index contributed by atoms with van der Waals surface area (Å²) in [7, 11) is 0. The molecule has 0 heterocycles. The molecule has 0 saturated carbocycles. The fourth-order valence-electron chi connectivity index (χ4n) is 1.25. The zero-order valence-corrected chi connectivity index (χ0v) is 10.7. The third kappa shape index (κ3) is 2.98. The molecular formula is C12H20O4. The summed E-state index contributed by atoms with van der Waals surface area (Å²) in [5.74, 6) is -0.0171. The van der Waals surface area contributed by atoms with Crippen LogP contribution < -0.4 is 0 Å². The number of hydrogen-bond donors (Lipinski definition) is 1. The van der Waals surface area contributed by atoms with Gasteiger partial charge >= 0.3 is 0 Å². The van der Waals surface area contributed by atoms with Gasteiger partial charge < -0.3 is 14.6 Å². The fourth-order valence-corrected chi connectivity index (χ4v) is 1.25. The van der Waals surface area contributed by atoms with Gasteiger partial charge in [-0.3, -0.25) is 4.79 Å². The maximum absolute atomic E-state index is 11.4. The second kappa shape index (κ2) is 3.77. The average Bonchev–Trinajstić information content (AvgIpc) is 2.07. The van der Waals surface area contributed by atoms with Gasteiger partial charge in [-0.25, -0.2) is 0 Å². The maximum atomic E-state index is 11.4. The van der Waals surface area contributed by atoms with E-state index in [1.165, 1.54) is 0 Å². The standard InChI is InChI=1S/C12H20O4/c1-11(2,3)15-9-7(13)8(14)10(9)16-12(4,5)6/h7,13H,1-6H3. The molecule has 0 saturated heterocycles. The molecule has 1 atom stereocenters. The highest BCUT2D eigenvalue weighted by Crippen LogP contribution is 2.33. The van der Waals surface area contributed by atoms with Crippen molar-refractivity contribution in [2.75, 3.05) is 0 Å². The number of aliphatic hydroxyl groups excluding tert-OH is 1. The van der Waals surface area contributed by atoms with Crippen molar-refractivity contribution in [2.45, 2.75) is 58.8 Å². The Hall–Kier alpha value is -1.03. The Morgan fingerprint density at radius 2 is 1.44 bits per heavy atom. The fraction of sp³-hybridized carbons (Fsp3) is 0.750. The first-order valence-electron chi connectivity index (χ1n) is 5.36. The molecule has 1 unspecified atom stereocenters. The molecule has 1 aliphatic rings. The highest BCUT2D eigenvalue weighted by molar-refractivity contribution is 6.06. The van der Waals surface area contributed by atoms with Crippen LogP contribution in [-0.2, 0) is 14.3 Å². The van der Waals surface area contributed by atoms with E-state index in [2.05, 4.69) is 0 Å². The normalized spacial score (nSPS) is 21.9. The number of aliphatic hydroxyl groups is 1. The van der Waals surface area contributed by atoms with Gasteiger partial charge in [0.2, 0.25) is 11.5 Å². The molecule has 0 bridgehead atoms. The van der Waals surface area contributed by atoms with Crippen LogP contribution >= 0.6 is 0 Å². The van der Waals surface area contributed by atoms with Gasteiger partial charge in [-0.05, 0) is 41.5 Å². The monoisotopic (exact) mass is 228 g/mol. The summed E-state index contributed by atoms with van der Waals surface area (Å²) < 4.78 is 11.0. The van der Waals surface area contributed by atoms with Crippen molar-refractivity contribution in [1.29, 1.82) is 0 Å². The lowest BCUT2D eigenvalue weighted by atomic mass is 9.97. The van der Waals surface area contributed by atoms with Crippen LogP contribution in [0.4, 0.5) is 0 Å². The van der Waals surface area contributed by atoms with Crippen molar-refractivity contribution in [3.8, 4) is 0 Å². The minimum Gasteiger partial charge on any atom is -0.485 e. The Balaban J connectivity index is 2.89. The van der Waals surface area contributed by atoms with Crippen LogP contribution in [0.25, 0.3) is 0 Å². The van der Waals surface area contributed by atoms with Crippen molar-refractivity contribution in [3.63, 3.8) is 0 Å². The minimum atomic E-state index is -1.17. The van der Waals surface area contributed by atoms with Gasteiger partial charge in [0.05, 0.1) is 0 Å². The maximum Gasteiger partial charge on any atom is 0.237 e. The molecule has 4 nitrogen and oxygen atoms in total. The van der Waals surface area contributed by atoms with Gasteiger partial charge in [-0.1, -0.05) is 0 Å². The quantitative estimate of drug-likeness (QED) is 0.782. The summed E-state index contributed by atoms with van der Waals surface area (Å²) in [6.07, 6.45) is -1.17. The lowest BCUT2D eigenvalue weighted by molar-refractivity contribution is -0.141. The van der Waals surface area contributed by atoms with Crippen LogP contribution in [0.1, 0.15) is 41.5 Å². The van der Waals surface area contributed by atoms with E-state index in [1.54, 1.807) is 0 Å². The molecule has 0 aromatic carbocycles. The Morgan fingerprint density at radius 3 is 1.81 bits per heavy atom. The van der Waals surface area contributed by atoms with E-state index in [9.17, 15) is 9.90 Å². The second-order valence-electron chi connectivity index (χ2n) is 5.89. The molecule has 0 aromatic heterocycles. The van der Waals surface area contributed by atoms with Crippen LogP contribution in [0.5, 0.6) is 0 Å². The van der Waals surface area contributed by atoms with Crippen LogP contribution in [0.3, 0.4) is 0 Å². The summed E-state index contributed by atoms with van der Waals surface area (Å²) >= 11 is 0. The first-order valence-corrected chi connectivity index (χ1v) is 5.36. The highest BCUT2D eigenvalue weighted by Gasteiger charge is 2.44. The first-order chi connectivity index (χ1) is 7.01. The molecule has 92 valence electrons. The Bertz CT molecular complexity index is 328. The number of carbonyl (C=O) groups is 1. The SMILES string of the molecule is CC(C)(C)OC1=C(OC(C)(C)C)C(O)C1=O. The topological polar surface area (TPSA) is 55.8 Å². The van der Waals surface area contributed by atoms with Gasteiger partial charge in [0.25, 0.3) is 0 Å². The minimum absolute atomic E-state index is 0.148. The van der Waals surface area contributed by atoms with Crippen molar-refractivity contribution in [1.82, 2.24) is 0 Å². The lowest BCUT2D eigenvalue weighted by Gasteiger charge is -2.35. The zero-order chi connectivity index (χ0) is 12.7. The van der Waals surface area contributed by atoms with Gasteiger partial charge in [-0.2, -0.15) is 0 Å². The molecule has 0 aliphatic heterocycles. The van der Waals surface area contributed by atoms with Gasteiger partial charge in [-0.15, -0.1) is 0 Å². The van der Waals surface area contributed by atoms with E-state index < -0.39 is 23.1 Å². The van der Waals surface area contributed by atoms with E-state index in [-0.39, 0.29) is 11.5 Å². The highest BCUT2D eigenvalue weighted by atomic mass is 16.6. The summed E-state index contributed by atoms with van der Waals surface area (Å²) in [6.45, 7) is 11.1. The summed E-state index contributed by atoms with van der Waals surface area (Å²) in [5, 5.41) is 9.49. The summed E-state index contributed by atoms with van der Waals surface area (Å²) in [5.41, 5.74) is -0.929. The molecule has 0 aromatic rings. The third-order valence-electron chi connectivity index (χ3n) is 1.77. The van der Waals surface area contributed by atoms with Gasteiger partial charge in [0.1, 0.15) is 11.2 Å². The number of carbonyl (C=O) groups excluding carboxylic acids is 1. The molecule has 4 heteroatoms. The van der Waals surface area contributed by atoms with Gasteiger partial charge in [0, 0.05) is 0 Å². The molecule has 0 radical (unpaired) electrons. The Kier molecular flexibility index (Phi) is 3.07. The molecule has 1 N–H and O–H groups in total. The van der Waals surface area contributed by atoms with E-state index >= 15 is 0 Å². The number of Topliss-reactive ketones (excluding diaryl/α,β-unsaturated/α-hetero) is 1. The second-order valence-corrected chi connectivity index (χ2v) is 5.89. The predicted octanol–water partition coefficient (Wildman–Crippen LogP) is 1.77. The van der Waals surface area contributed by atoms with Crippen molar-refractivity contribution >= 4 is 5.78 Å². The summed E-state index contributed by atoms with van der Waals surface area (Å²) in [4.78, 5) is 11.4. The van der Waals surface area contributed by atoms with Crippen molar-refractivity contribution < 1.29 is 19.4 Å². The van der Waals surface area contributed by atoms with E-state index in [0.717, 1.165) is 0 Å². The van der Waals surface area contributed by atoms with Crippen molar-refractivity contribution in [3.05, 3.63) is 11.5 Å². The van der Waals surface area contributed by atoms with Crippen LogP contribution in [-0.4, -0.2) is 28.2 Å². The van der Waals surface area contributed by atoms with Crippen molar-refractivity contribution in [2.24, 2.45) is 0 Å². The molecular weight excluding hydrogens is 208 g/mol. The van der Waals surface area contributed by atoms with Crippen LogP contribution in [0, 0.1) is 0 Å². The molecule has 0 fully saturated rings. The largest absolute Gasteiger partial charge is 0.485 e. The van der Waals surface area contributed by atoms with E-state index in [0.29, 0.717) is 0 Å². The molecule has 0 spiro atoms. The Morgan fingerprint density at radius 1 is 1.00 bits per heavy atom. The van der Waals surface area contributed by atoms with E-state index in [1.807, 2.05) is 41.5 Å². The molecule has 1 rings (SSSR count). The summed E-state index contributed by atoms with van der Waals surface area (Å²) in [6, 6.07) is 0. The van der Waals surface area contributed by atoms with Crippen LogP contribution in [0.2, 0.25) is 0 Å². The van der Waals surface area contributed by atoms with Gasteiger partial charge in [0.15, 0.2) is 11.9 Å². The number of hydrogen-bond acceptors (Lipinski definition) is 4. The molecule has 1 aliphatic carbocycles. The third-order valence-corrected chi connectivity index (χ3v) is 1.77. The number of ether oxygens (including phenoxy) is 2. The smallest absolute Gasteiger partial charge is 0.237 e. The zero-order valence-electron chi connectivity index (χ0n) is 10.7. The van der Waals surface area contributed by atoms with Crippen LogP contribution in [0.15, 0.2) is 11.5 Å². The predicted molar refractivity (Wildman–Crippen MR) is 59.7 cm³/mol. The Labute approximate surface area is 96.2 Å². The average molecular weight is 228 g/mol. The molecule has 16 heavy (non-hydrogen) atoms. The number of ketones is 1. The number of rotatable bonds is 2. The molecule has 0 amide bonds. The van der Waals surface area contributed by atoms with E-state index in [4.69, 9.17) is 9.47 Å². The lowest BCUT2D eigenvalue weighted by Crippen LogP contribution is -2.43.